The molecule has 0 aliphatic rings. The van der Waals surface area contributed by atoms with Gasteiger partial charge in [0.1, 0.15) is 5.82 Å². The summed E-state index contributed by atoms with van der Waals surface area (Å²) >= 11 is 5.86. The van der Waals surface area contributed by atoms with Crippen LogP contribution in [0.3, 0.4) is 0 Å². The Hall–Kier alpha value is -2.53. The number of carboxylic acids is 1. The highest BCUT2D eigenvalue weighted by Crippen LogP contribution is 2.22. The Labute approximate surface area is 138 Å². The average Bonchev–Trinajstić information content (AvgIpc) is 2.96. The number of carbonyl (C=O) groups is 1. The van der Waals surface area contributed by atoms with Gasteiger partial charge in [-0.05, 0) is 42.8 Å². The molecule has 1 heterocycles. The van der Waals surface area contributed by atoms with E-state index in [2.05, 4.69) is 15.3 Å². The van der Waals surface area contributed by atoms with Crippen molar-refractivity contribution in [1.82, 2.24) is 9.97 Å². The molecule has 2 N–H and O–H groups in total. The predicted octanol–water partition coefficient (Wildman–Crippen LogP) is 2.55. The zero-order valence-corrected chi connectivity index (χ0v) is 13.0. The number of carboxylic acid groups (broad SMARTS) is 1. The first-order chi connectivity index (χ1) is 11.1. The summed E-state index contributed by atoms with van der Waals surface area (Å²) in [6, 6.07) is 14.8. The van der Waals surface area contributed by atoms with E-state index >= 15 is 0 Å². The highest BCUT2D eigenvalue weighted by molar-refractivity contribution is 6.30. The summed E-state index contributed by atoms with van der Waals surface area (Å²) < 4.78 is 0. The number of H-pyrrole nitrogens is 1. The normalized spacial score (nSPS) is 12.2. The van der Waals surface area contributed by atoms with Gasteiger partial charge in [0.15, 0.2) is 0 Å². The molecular weight excluding hydrogens is 314 g/mol. The molecule has 0 radical (unpaired) electrons. The van der Waals surface area contributed by atoms with E-state index < -0.39 is 5.97 Å². The number of nitrogens with one attached hydrogen (secondary N) is 2. The Balaban J connectivity index is 1.79. The Morgan fingerprint density at radius 1 is 1.22 bits per heavy atom. The number of nitrogens with zero attached hydrogens (tertiary/aromatic N) is 1. The number of para-hydroxylation sites is 2. The van der Waals surface area contributed by atoms with E-state index in [1.165, 1.54) is 0 Å². The fourth-order valence-electron chi connectivity index (χ4n) is 2.44. The lowest BCUT2D eigenvalue weighted by Gasteiger charge is -2.17. The number of halogens is 1. The molecule has 1 aromatic heterocycles. The molecule has 0 spiro atoms. The van der Waals surface area contributed by atoms with Crippen molar-refractivity contribution >= 4 is 34.3 Å². The van der Waals surface area contributed by atoms with Gasteiger partial charge in [-0.3, -0.25) is 0 Å². The topological polar surface area (TPSA) is 80.8 Å². The van der Waals surface area contributed by atoms with Crippen LogP contribution < -0.4 is 10.4 Å². The van der Waals surface area contributed by atoms with Crippen molar-refractivity contribution in [3.05, 3.63) is 59.4 Å². The van der Waals surface area contributed by atoms with Gasteiger partial charge in [-0.25, -0.2) is 4.98 Å². The Morgan fingerprint density at radius 2 is 1.96 bits per heavy atom. The van der Waals surface area contributed by atoms with Gasteiger partial charge < -0.3 is 20.2 Å². The van der Waals surface area contributed by atoms with Gasteiger partial charge >= 0.3 is 0 Å². The van der Waals surface area contributed by atoms with E-state index in [1.54, 1.807) is 12.1 Å². The van der Waals surface area contributed by atoms with Crippen molar-refractivity contribution in [2.24, 2.45) is 0 Å². The van der Waals surface area contributed by atoms with Crippen LogP contribution >= 0.6 is 11.6 Å². The molecular formula is C17H15ClN3O2-. The molecule has 5 nitrogen and oxygen atoms in total. The lowest BCUT2D eigenvalue weighted by Crippen LogP contribution is -2.27. The van der Waals surface area contributed by atoms with Crippen LogP contribution in [-0.4, -0.2) is 22.5 Å². The largest absolute Gasteiger partial charge is 0.550 e. The zero-order chi connectivity index (χ0) is 16.2. The maximum absolute atomic E-state index is 11.1. The van der Waals surface area contributed by atoms with Gasteiger partial charge in [-0.15, -0.1) is 0 Å². The molecule has 0 fully saturated rings. The summed E-state index contributed by atoms with van der Waals surface area (Å²) in [5.74, 6) is -0.784. The summed E-state index contributed by atoms with van der Waals surface area (Å²) in [6.45, 7) is 0.426. The predicted molar refractivity (Wildman–Crippen MR) is 88.4 cm³/mol. The van der Waals surface area contributed by atoms with E-state index in [4.69, 9.17) is 11.6 Å². The molecule has 3 rings (SSSR count). The summed E-state index contributed by atoms with van der Waals surface area (Å²) in [5, 5.41) is 14.9. The van der Waals surface area contributed by atoms with Crippen LogP contribution in [0.15, 0.2) is 48.5 Å². The van der Waals surface area contributed by atoms with Crippen LogP contribution in [0.4, 0.5) is 5.69 Å². The van der Waals surface area contributed by atoms with Crippen LogP contribution in [0.2, 0.25) is 5.02 Å². The van der Waals surface area contributed by atoms with Gasteiger partial charge in [0.05, 0.1) is 11.0 Å². The van der Waals surface area contributed by atoms with Crippen molar-refractivity contribution in [3.8, 4) is 0 Å². The zero-order valence-electron chi connectivity index (χ0n) is 12.3. The van der Waals surface area contributed by atoms with Crippen LogP contribution in [0.5, 0.6) is 0 Å². The molecule has 3 aromatic rings. The number of carbonyl (C=O) groups excluding carboxylic acids is 1. The van der Waals surface area contributed by atoms with Crippen molar-refractivity contribution in [2.45, 2.75) is 12.3 Å². The fraction of sp³-hybridized carbons (Fsp3) is 0.176. The van der Waals surface area contributed by atoms with Gasteiger partial charge in [0.25, 0.3) is 0 Å². The van der Waals surface area contributed by atoms with E-state index in [0.29, 0.717) is 17.4 Å². The molecule has 0 amide bonds. The van der Waals surface area contributed by atoms with E-state index in [9.17, 15) is 9.90 Å². The fourth-order valence-corrected chi connectivity index (χ4v) is 2.57. The second-order valence-corrected chi connectivity index (χ2v) is 5.74. The molecule has 6 heteroatoms. The molecule has 0 aliphatic carbocycles. The number of hydrogen-bond acceptors (Lipinski definition) is 4. The minimum absolute atomic E-state index is 0.111. The number of anilines is 1. The molecule has 0 bridgehead atoms. The number of hydrogen-bond donors (Lipinski definition) is 2. The second kappa shape index (κ2) is 6.71. The number of aromatic nitrogens is 2. The molecule has 2 aromatic carbocycles. The molecule has 0 saturated heterocycles. The molecule has 23 heavy (non-hydrogen) atoms. The van der Waals surface area contributed by atoms with E-state index in [-0.39, 0.29) is 12.3 Å². The van der Waals surface area contributed by atoms with Gasteiger partial charge in [-0.1, -0.05) is 23.7 Å². The van der Waals surface area contributed by atoms with Gasteiger partial charge in [-0.2, -0.15) is 0 Å². The van der Waals surface area contributed by atoms with Crippen LogP contribution in [0.1, 0.15) is 18.2 Å². The first-order valence-electron chi connectivity index (χ1n) is 7.26. The quantitative estimate of drug-likeness (QED) is 0.728. The maximum Gasteiger partial charge on any atom is 0.112 e. The lowest BCUT2D eigenvalue weighted by molar-refractivity contribution is -0.306. The van der Waals surface area contributed by atoms with Crippen molar-refractivity contribution < 1.29 is 9.90 Å². The minimum atomic E-state index is -1.10. The van der Waals surface area contributed by atoms with Gasteiger partial charge in [0.2, 0.25) is 0 Å². The molecule has 118 valence electrons. The number of benzene rings is 2. The number of fused-ring (bicyclic) bond motifs is 1. The van der Waals surface area contributed by atoms with Crippen molar-refractivity contribution in [2.75, 3.05) is 11.9 Å². The molecule has 0 aliphatic heterocycles. The van der Waals surface area contributed by atoms with E-state index in [0.717, 1.165) is 16.7 Å². The third-order valence-electron chi connectivity index (χ3n) is 3.60. The second-order valence-electron chi connectivity index (χ2n) is 5.30. The van der Waals surface area contributed by atoms with Gasteiger partial charge in [0, 0.05) is 29.1 Å². The highest BCUT2D eigenvalue weighted by Gasteiger charge is 2.16. The lowest BCUT2D eigenvalue weighted by atomic mass is 10.0. The highest BCUT2D eigenvalue weighted by atomic mass is 35.5. The minimum Gasteiger partial charge on any atom is -0.550 e. The Morgan fingerprint density at radius 3 is 2.65 bits per heavy atom. The third-order valence-corrected chi connectivity index (χ3v) is 3.86. The first kappa shape index (κ1) is 15.4. The third kappa shape index (κ3) is 3.81. The SMILES string of the molecule is O=C([O-])CC(CNc1ccc(Cl)cc1)c1nc2ccccc2[nH]1. The molecule has 0 saturated carbocycles. The number of rotatable bonds is 6. The van der Waals surface area contributed by atoms with Crippen LogP contribution in [0.25, 0.3) is 11.0 Å². The smallest absolute Gasteiger partial charge is 0.112 e. The monoisotopic (exact) mass is 328 g/mol. The molecule has 1 atom stereocenters. The molecule has 1 unspecified atom stereocenters. The van der Waals surface area contributed by atoms with E-state index in [1.807, 2.05) is 36.4 Å². The van der Waals surface area contributed by atoms with Crippen molar-refractivity contribution in [3.63, 3.8) is 0 Å². The first-order valence-corrected chi connectivity index (χ1v) is 7.63. The number of aromatic amines is 1. The summed E-state index contributed by atoms with van der Waals surface area (Å²) in [4.78, 5) is 18.7. The summed E-state index contributed by atoms with van der Waals surface area (Å²) in [5.41, 5.74) is 2.57. The number of aliphatic carboxylic acids is 1. The van der Waals surface area contributed by atoms with Crippen LogP contribution in [0, 0.1) is 0 Å². The summed E-state index contributed by atoms with van der Waals surface area (Å²) in [7, 11) is 0. The Bertz CT molecular complexity index is 781. The average molecular weight is 329 g/mol. The maximum atomic E-state index is 11.1. The van der Waals surface area contributed by atoms with Crippen molar-refractivity contribution in [1.29, 1.82) is 0 Å². The standard InChI is InChI=1S/C17H16ClN3O2/c18-12-5-7-13(8-6-12)19-10-11(9-16(22)23)17-20-14-3-1-2-4-15(14)21-17/h1-8,11,19H,9-10H2,(H,20,21)(H,22,23)/p-1. The summed E-state index contributed by atoms with van der Waals surface area (Å²) in [6.07, 6.45) is -0.111. The Kier molecular flexibility index (Phi) is 4.48. The number of imidazole rings is 1. The van der Waals surface area contributed by atoms with Crippen LogP contribution in [-0.2, 0) is 4.79 Å².